The molecule has 2 heteroatoms. The van der Waals surface area contributed by atoms with Gasteiger partial charge in [0.15, 0.2) is 0 Å². The lowest BCUT2D eigenvalue weighted by atomic mass is 9.78. The van der Waals surface area contributed by atoms with Crippen LogP contribution >= 0.6 is 0 Å². The van der Waals surface area contributed by atoms with Crippen LogP contribution in [0.25, 0.3) is 0 Å². The van der Waals surface area contributed by atoms with Crippen molar-refractivity contribution in [3.8, 4) is 0 Å². The highest BCUT2D eigenvalue weighted by molar-refractivity contribution is 5.17. The van der Waals surface area contributed by atoms with E-state index >= 15 is 0 Å². The van der Waals surface area contributed by atoms with Crippen LogP contribution in [0.1, 0.15) is 51.3 Å². The van der Waals surface area contributed by atoms with Crippen molar-refractivity contribution in [1.82, 2.24) is 9.78 Å². The van der Waals surface area contributed by atoms with Gasteiger partial charge in [-0.05, 0) is 30.7 Å². The van der Waals surface area contributed by atoms with Crippen molar-refractivity contribution in [3.05, 3.63) is 17.5 Å². The third-order valence-electron chi connectivity index (χ3n) is 3.44. The zero-order valence-corrected chi connectivity index (χ0v) is 10.8. The maximum atomic E-state index is 4.41. The summed E-state index contributed by atoms with van der Waals surface area (Å²) in [4.78, 5) is 0. The summed E-state index contributed by atoms with van der Waals surface area (Å²) in [6.45, 7) is 9.06. The molecule has 0 saturated carbocycles. The van der Waals surface area contributed by atoms with E-state index < -0.39 is 0 Å². The van der Waals surface area contributed by atoms with Crippen LogP contribution in [0.4, 0.5) is 0 Å². The van der Waals surface area contributed by atoms with Crippen molar-refractivity contribution >= 4 is 0 Å². The number of aryl methyl sites for hydroxylation is 2. The topological polar surface area (TPSA) is 17.8 Å². The molecular weight excluding hydrogens is 184 g/mol. The summed E-state index contributed by atoms with van der Waals surface area (Å²) in [7, 11) is 2.00. The molecule has 1 heterocycles. The van der Waals surface area contributed by atoms with Crippen molar-refractivity contribution in [2.45, 2.75) is 53.4 Å². The number of nitrogens with zero attached hydrogens (tertiary/aromatic N) is 2. The minimum atomic E-state index is 0.447. The summed E-state index contributed by atoms with van der Waals surface area (Å²) in [5.74, 6) is 0. The molecule has 86 valence electrons. The van der Waals surface area contributed by atoms with Gasteiger partial charge in [0.25, 0.3) is 0 Å². The van der Waals surface area contributed by atoms with Crippen LogP contribution < -0.4 is 0 Å². The van der Waals surface area contributed by atoms with Crippen LogP contribution in [-0.4, -0.2) is 9.78 Å². The molecule has 0 N–H and O–H groups in total. The quantitative estimate of drug-likeness (QED) is 0.724. The van der Waals surface area contributed by atoms with Crippen molar-refractivity contribution in [3.63, 3.8) is 0 Å². The van der Waals surface area contributed by atoms with Gasteiger partial charge in [-0.15, -0.1) is 0 Å². The number of aromatic nitrogens is 2. The lowest BCUT2D eigenvalue weighted by Crippen LogP contribution is -2.18. The number of rotatable bonds is 5. The Balaban J connectivity index is 2.78. The third-order valence-corrected chi connectivity index (χ3v) is 3.44. The lowest BCUT2D eigenvalue weighted by Gasteiger charge is -2.27. The molecule has 1 atom stereocenters. The molecule has 0 saturated heterocycles. The molecule has 1 aromatic heterocycles. The fourth-order valence-electron chi connectivity index (χ4n) is 2.28. The standard InChI is InChI=1S/C13H24N2/c1-6-8-13(4,7-2)9-12-10-15(5)14-11(12)3/h10H,6-9H2,1-5H3. The van der Waals surface area contributed by atoms with Crippen molar-refractivity contribution in [2.24, 2.45) is 12.5 Å². The Morgan fingerprint density at radius 1 is 1.40 bits per heavy atom. The van der Waals surface area contributed by atoms with Gasteiger partial charge in [0.1, 0.15) is 0 Å². The van der Waals surface area contributed by atoms with Gasteiger partial charge in [-0.3, -0.25) is 4.68 Å². The fourth-order valence-corrected chi connectivity index (χ4v) is 2.28. The Morgan fingerprint density at radius 2 is 2.07 bits per heavy atom. The van der Waals surface area contributed by atoms with Gasteiger partial charge < -0.3 is 0 Å². The van der Waals surface area contributed by atoms with E-state index in [1.165, 1.54) is 30.5 Å². The zero-order chi connectivity index (χ0) is 11.5. The Bertz CT molecular complexity index is 314. The summed E-state index contributed by atoms with van der Waals surface area (Å²) in [6.07, 6.45) is 7.15. The smallest absolute Gasteiger partial charge is 0.0625 e. The Morgan fingerprint density at radius 3 is 2.47 bits per heavy atom. The summed E-state index contributed by atoms with van der Waals surface area (Å²) in [5, 5.41) is 4.41. The largest absolute Gasteiger partial charge is 0.275 e. The van der Waals surface area contributed by atoms with Gasteiger partial charge >= 0.3 is 0 Å². The van der Waals surface area contributed by atoms with Crippen LogP contribution in [0.15, 0.2) is 6.20 Å². The van der Waals surface area contributed by atoms with Crippen molar-refractivity contribution < 1.29 is 0 Å². The van der Waals surface area contributed by atoms with Crippen LogP contribution in [0, 0.1) is 12.3 Å². The van der Waals surface area contributed by atoms with E-state index in [2.05, 4.69) is 39.0 Å². The second-order valence-electron chi connectivity index (χ2n) is 5.00. The highest BCUT2D eigenvalue weighted by Crippen LogP contribution is 2.32. The molecule has 0 spiro atoms. The van der Waals surface area contributed by atoms with Crippen LogP contribution in [0.2, 0.25) is 0 Å². The number of hydrogen-bond donors (Lipinski definition) is 0. The van der Waals surface area contributed by atoms with E-state index in [1.807, 2.05) is 11.7 Å². The third kappa shape index (κ3) is 3.08. The summed E-state index contributed by atoms with van der Waals surface area (Å²) in [5.41, 5.74) is 3.05. The first-order valence-electron chi connectivity index (χ1n) is 6.00. The molecule has 0 amide bonds. The highest BCUT2D eigenvalue weighted by Gasteiger charge is 2.23. The minimum Gasteiger partial charge on any atom is -0.275 e. The average Bonchev–Trinajstić information content (AvgIpc) is 2.45. The fraction of sp³-hybridized carbons (Fsp3) is 0.769. The molecule has 15 heavy (non-hydrogen) atoms. The van der Waals surface area contributed by atoms with Crippen molar-refractivity contribution in [1.29, 1.82) is 0 Å². The maximum Gasteiger partial charge on any atom is 0.0625 e. The van der Waals surface area contributed by atoms with Gasteiger partial charge in [0.2, 0.25) is 0 Å². The van der Waals surface area contributed by atoms with Crippen LogP contribution in [-0.2, 0) is 13.5 Å². The van der Waals surface area contributed by atoms with Gasteiger partial charge in [-0.1, -0.05) is 33.6 Å². The second kappa shape index (κ2) is 4.82. The second-order valence-corrected chi connectivity index (χ2v) is 5.00. The maximum absolute atomic E-state index is 4.41. The molecule has 0 fully saturated rings. The van der Waals surface area contributed by atoms with E-state index in [0.29, 0.717) is 5.41 Å². The van der Waals surface area contributed by atoms with Crippen LogP contribution in [0.5, 0.6) is 0 Å². The molecule has 2 nitrogen and oxygen atoms in total. The van der Waals surface area contributed by atoms with E-state index in [1.54, 1.807) is 0 Å². The summed E-state index contributed by atoms with van der Waals surface area (Å²) >= 11 is 0. The van der Waals surface area contributed by atoms with Gasteiger partial charge in [0, 0.05) is 13.2 Å². The first-order valence-corrected chi connectivity index (χ1v) is 6.00. The molecule has 1 aromatic rings. The Kier molecular flexibility index (Phi) is 3.95. The monoisotopic (exact) mass is 208 g/mol. The molecule has 0 aliphatic rings. The molecule has 0 aromatic carbocycles. The van der Waals surface area contributed by atoms with E-state index in [4.69, 9.17) is 0 Å². The van der Waals surface area contributed by atoms with E-state index in [-0.39, 0.29) is 0 Å². The van der Waals surface area contributed by atoms with Gasteiger partial charge in [-0.2, -0.15) is 5.10 Å². The first kappa shape index (κ1) is 12.3. The lowest BCUT2D eigenvalue weighted by molar-refractivity contribution is 0.279. The minimum absolute atomic E-state index is 0.447. The predicted octanol–water partition coefficient (Wildman–Crippen LogP) is 3.49. The zero-order valence-electron chi connectivity index (χ0n) is 10.8. The average molecular weight is 208 g/mol. The first-order chi connectivity index (χ1) is 7.00. The normalized spacial score (nSPS) is 15.3. The Hall–Kier alpha value is -0.790. The molecule has 0 aliphatic carbocycles. The van der Waals surface area contributed by atoms with E-state index in [9.17, 15) is 0 Å². The molecular formula is C13H24N2. The Labute approximate surface area is 93.7 Å². The molecule has 0 radical (unpaired) electrons. The molecule has 1 rings (SSSR count). The molecule has 1 unspecified atom stereocenters. The molecule has 0 bridgehead atoms. The van der Waals surface area contributed by atoms with Crippen LogP contribution in [0.3, 0.4) is 0 Å². The summed E-state index contributed by atoms with van der Waals surface area (Å²) < 4.78 is 1.92. The highest BCUT2D eigenvalue weighted by atomic mass is 15.2. The van der Waals surface area contributed by atoms with E-state index in [0.717, 1.165) is 6.42 Å². The van der Waals surface area contributed by atoms with Crippen molar-refractivity contribution in [2.75, 3.05) is 0 Å². The summed E-state index contributed by atoms with van der Waals surface area (Å²) in [6, 6.07) is 0. The molecule has 0 aliphatic heterocycles. The SMILES string of the molecule is CCCC(C)(CC)Cc1cn(C)nc1C. The number of hydrogen-bond acceptors (Lipinski definition) is 1. The van der Waals surface area contributed by atoms with Gasteiger partial charge in [-0.25, -0.2) is 0 Å². The van der Waals surface area contributed by atoms with Gasteiger partial charge in [0.05, 0.1) is 5.69 Å². The predicted molar refractivity (Wildman–Crippen MR) is 65.0 cm³/mol.